The zero-order chi connectivity index (χ0) is 45.9. The maximum atomic E-state index is 12.1. The molecule has 23 heteroatoms. The van der Waals surface area contributed by atoms with Crippen LogP contribution in [-0.4, -0.2) is 157 Å². The summed E-state index contributed by atoms with van der Waals surface area (Å²) < 4.78 is 12.1. The third kappa shape index (κ3) is 15.2. The molecule has 19 nitrogen and oxygen atoms in total. The number of carbonyl (C=O) groups is 3. The molecule has 3 aromatic rings. The Kier molecular flexibility index (Phi) is 20.0. The molecule has 3 aliphatic rings. The van der Waals surface area contributed by atoms with Crippen molar-refractivity contribution in [1.29, 1.82) is 0 Å². The summed E-state index contributed by atoms with van der Waals surface area (Å²) in [6.45, 7) is 12.2. The van der Waals surface area contributed by atoms with Gasteiger partial charge in [0.15, 0.2) is 18.2 Å². The first-order valence-electron chi connectivity index (χ1n) is 20.2. The molecule has 6 rings (SSSR count). The molecule has 6 heterocycles. The molecule has 0 spiro atoms. The fourth-order valence-corrected chi connectivity index (χ4v) is 7.06. The minimum Gasteiger partial charge on any atom is -0.384 e. The molecule has 62 heavy (non-hydrogen) atoms. The van der Waals surface area contributed by atoms with Gasteiger partial charge in [-0.15, -0.1) is 0 Å². The number of nitrogens with two attached hydrogens (primary N) is 1. The first-order valence-corrected chi connectivity index (χ1v) is 20.2. The lowest BCUT2D eigenvalue weighted by molar-refractivity contribution is -0.389. The van der Waals surface area contributed by atoms with Crippen molar-refractivity contribution in [2.75, 3.05) is 75.9 Å². The molecule has 3 radical (unpaired) electrons. The molecular formula is C39H57B3FN12O7. The number of hydrogen-bond donors (Lipinski definition) is 2. The van der Waals surface area contributed by atoms with E-state index in [-0.39, 0.29) is 28.3 Å². The van der Waals surface area contributed by atoms with E-state index in [2.05, 4.69) is 50.8 Å². The number of piperidine rings is 3. The fourth-order valence-electron chi connectivity index (χ4n) is 7.06. The number of anilines is 3. The van der Waals surface area contributed by atoms with Crippen LogP contribution in [0.25, 0.3) is 0 Å². The molecule has 331 valence electrons. The molecule has 0 saturated carbocycles. The smallest absolute Gasteiger partial charge is 0.363 e. The summed E-state index contributed by atoms with van der Waals surface area (Å²) in [6.07, 6.45) is 12.7. The Bertz CT molecular complexity index is 1870. The van der Waals surface area contributed by atoms with Crippen molar-refractivity contribution < 1.29 is 28.6 Å². The van der Waals surface area contributed by atoms with Crippen LogP contribution < -0.4 is 20.9 Å². The van der Waals surface area contributed by atoms with E-state index in [1.807, 2.05) is 53.9 Å². The molecule has 0 aromatic carbocycles. The lowest BCUT2D eigenvalue weighted by Gasteiger charge is -2.45. The molecule has 3 saturated heterocycles. The summed E-state index contributed by atoms with van der Waals surface area (Å²) in [5.41, 5.74) is 7.79. The highest BCUT2D eigenvalue weighted by Gasteiger charge is 2.35. The Balaban J connectivity index is 0.000000229. The number of nitrogen functional groups attached to an aromatic ring is 1. The van der Waals surface area contributed by atoms with Gasteiger partial charge in [-0.3, -0.25) is 0 Å². The molecule has 3 aliphatic heterocycles. The molecule has 0 amide bonds. The van der Waals surface area contributed by atoms with Crippen LogP contribution in [0.4, 0.5) is 33.2 Å². The van der Waals surface area contributed by atoms with E-state index in [1.54, 1.807) is 34.5 Å². The van der Waals surface area contributed by atoms with Gasteiger partial charge in [0.1, 0.15) is 5.82 Å². The van der Waals surface area contributed by atoms with E-state index in [9.17, 15) is 39.0 Å². The molecular weight excluding hydrogens is 800 g/mol. The third-order valence-corrected chi connectivity index (χ3v) is 12.1. The zero-order valence-corrected chi connectivity index (χ0v) is 36.4. The van der Waals surface area contributed by atoms with E-state index < -0.39 is 15.7 Å². The number of nitro groups is 2. The molecule has 3 fully saturated rings. The van der Waals surface area contributed by atoms with Gasteiger partial charge in [-0.1, -0.05) is 0 Å². The SMILES string of the molecule is CN([B]C=O)C1(C)CCN(c2ccc(N)nc2)CC1.CN([B]C=O)C1(C)CCN(c2ccc([N+](=O)[O-])nc2)CC1.CN([B]C=O)C1(C)CCNCC1.O=[N+]([O-])c1ccc(F)cn1. The largest absolute Gasteiger partial charge is 0.384 e. The summed E-state index contributed by atoms with van der Waals surface area (Å²) in [5, 5.41) is 23.8. The number of halogens is 1. The number of nitrogens with one attached hydrogen (secondary N) is 1. The number of nitrogens with zero attached hydrogens (tertiary/aromatic N) is 10. The molecule has 3 N–H and O–H groups in total. The van der Waals surface area contributed by atoms with E-state index in [4.69, 9.17) is 5.73 Å². The summed E-state index contributed by atoms with van der Waals surface area (Å²) in [6, 6.07) is 8.99. The zero-order valence-electron chi connectivity index (χ0n) is 36.4. The Hall–Kier alpha value is -5.38. The molecule has 0 bridgehead atoms. The highest BCUT2D eigenvalue weighted by atomic mass is 19.1. The van der Waals surface area contributed by atoms with E-state index in [0.717, 1.165) is 126 Å². The number of hydrogen-bond acceptors (Lipinski definition) is 17. The van der Waals surface area contributed by atoms with Crippen molar-refractivity contribution in [3.63, 3.8) is 0 Å². The summed E-state index contributed by atoms with van der Waals surface area (Å²) in [4.78, 5) is 72.5. The van der Waals surface area contributed by atoms with Gasteiger partial charge in [0.25, 0.3) is 22.2 Å². The first kappa shape index (κ1) is 51.0. The maximum absolute atomic E-state index is 12.1. The summed E-state index contributed by atoms with van der Waals surface area (Å²) >= 11 is 0. The standard InChI is InChI=1S/C13H18BN4O3.C13H20BN4O.C8H16BN2O.C5H3FN2O2/c1-13(16(2)14-10-19)5-7-17(8-6-13)11-3-4-12(15-9-11)18(20)21;1-13(17(2)14-10-19)5-7-18(8-6-13)11-3-4-12(15)16-9-11;1-8(11(2)9-7-12)3-5-10-6-4-8;6-4-1-2-5(7-3-4)8(9)10/h3-4,9-10H,5-8H2,1-2H3;3-4,9-10H,5-8H2,1-2H3,(H2,15,16);7,10H,3-6H2,1-2H3;1-3H. The molecule has 0 unspecified atom stereocenters. The first-order chi connectivity index (χ1) is 29.4. The van der Waals surface area contributed by atoms with Crippen molar-refractivity contribution in [2.24, 2.45) is 0 Å². The minimum atomic E-state index is -0.681. The predicted molar refractivity (Wildman–Crippen MR) is 241 cm³/mol. The van der Waals surface area contributed by atoms with Crippen molar-refractivity contribution in [1.82, 2.24) is 34.7 Å². The summed E-state index contributed by atoms with van der Waals surface area (Å²) in [7, 11) is 10.6. The van der Waals surface area contributed by atoms with Gasteiger partial charge in [0.2, 0.25) is 0 Å². The number of rotatable bonds is 13. The topological polar surface area (TPSA) is 230 Å². The quantitative estimate of drug-likeness (QED) is 0.109. The van der Waals surface area contributed by atoms with Gasteiger partial charge < -0.3 is 69.9 Å². The Morgan fingerprint density at radius 1 is 0.645 bits per heavy atom. The van der Waals surface area contributed by atoms with Crippen molar-refractivity contribution in [2.45, 2.75) is 75.9 Å². The predicted octanol–water partition coefficient (Wildman–Crippen LogP) is 2.85. The van der Waals surface area contributed by atoms with Crippen molar-refractivity contribution in [3.8, 4) is 0 Å². The highest BCUT2D eigenvalue weighted by molar-refractivity contribution is 6.64. The van der Waals surface area contributed by atoms with Crippen LogP contribution >= 0.6 is 0 Å². The highest BCUT2D eigenvalue weighted by Crippen LogP contribution is 2.31. The van der Waals surface area contributed by atoms with Crippen molar-refractivity contribution in [3.05, 3.63) is 81.0 Å². The number of aromatic nitrogens is 3. The maximum Gasteiger partial charge on any atom is 0.363 e. The van der Waals surface area contributed by atoms with Crippen LogP contribution in [0.1, 0.15) is 59.3 Å². The lowest BCUT2D eigenvalue weighted by atomic mass is 9.80. The molecule has 0 aliphatic carbocycles. The van der Waals surface area contributed by atoms with Crippen LogP contribution in [-0.2, 0) is 14.4 Å². The number of pyridine rings is 3. The molecule has 0 atom stereocenters. The van der Waals surface area contributed by atoms with Gasteiger partial charge in [0.05, 0.1) is 36.1 Å². The van der Waals surface area contributed by atoms with Gasteiger partial charge in [-0.05, 0) is 138 Å². The van der Waals surface area contributed by atoms with Gasteiger partial charge in [0, 0.05) is 54.9 Å². The van der Waals surface area contributed by atoms with Crippen LogP contribution in [0.15, 0.2) is 55.0 Å². The minimum absolute atomic E-state index is 0.0361. The van der Waals surface area contributed by atoms with E-state index in [1.165, 1.54) is 6.07 Å². The lowest BCUT2D eigenvalue weighted by Crippen LogP contribution is -2.53. The second kappa shape index (κ2) is 24.3. The average Bonchev–Trinajstić information content (AvgIpc) is 3.26. The normalized spacial score (nSPS) is 17.4. The van der Waals surface area contributed by atoms with Gasteiger partial charge in [-0.2, -0.15) is 0 Å². The average molecular weight is 857 g/mol. The monoisotopic (exact) mass is 857 g/mol. The Morgan fingerprint density at radius 3 is 1.34 bits per heavy atom. The van der Waals surface area contributed by atoms with Crippen molar-refractivity contribution >= 4 is 69.6 Å². The van der Waals surface area contributed by atoms with Crippen LogP contribution in [0.3, 0.4) is 0 Å². The second-order valence-electron chi connectivity index (χ2n) is 16.1. The van der Waals surface area contributed by atoms with Gasteiger partial charge >= 0.3 is 11.6 Å². The van der Waals surface area contributed by atoms with Crippen LogP contribution in [0, 0.1) is 26.0 Å². The molecule has 3 aromatic heterocycles. The van der Waals surface area contributed by atoms with Crippen LogP contribution in [0.5, 0.6) is 0 Å². The second-order valence-corrected chi connectivity index (χ2v) is 16.1. The third-order valence-electron chi connectivity index (χ3n) is 12.1. The van der Waals surface area contributed by atoms with Gasteiger partial charge in [-0.25, -0.2) is 9.37 Å². The number of carbonyl (C=O) groups excluding carboxylic acids is 3. The Labute approximate surface area is 365 Å². The van der Waals surface area contributed by atoms with E-state index >= 15 is 0 Å². The van der Waals surface area contributed by atoms with E-state index in [0.29, 0.717) is 5.82 Å². The summed E-state index contributed by atoms with van der Waals surface area (Å²) in [5.74, 6) is -0.515. The van der Waals surface area contributed by atoms with Crippen LogP contribution in [0.2, 0.25) is 0 Å². The Morgan fingerprint density at radius 2 is 1.02 bits per heavy atom. The fraction of sp³-hybridized carbons (Fsp3) is 0.538.